The average Bonchev–Trinajstić information content (AvgIpc) is 3.00. The van der Waals surface area contributed by atoms with Crippen LogP contribution in [-0.2, 0) is 9.47 Å². The van der Waals surface area contributed by atoms with Gasteiger partial charge in [-0.15, -0.1) is 10.2 Å². The molecule has 0 bridgehead atoms. The Bertz CT molecular complexity index is 641. The first-order valence-corrected chi connectivity index (χ1v) is 8.75. The highest BCUT2D eigenvalue weighted by molar-refractivity contribution is 7.99. The summed E-state index contributed by atoms with van der Waals surface area (Å²) in [5.41, 5.74) is 2.33. The maximum Gasteiger partial charge on any atom is 0.232 e. The number of benzene rings is 1. The Morgan fingerprint density at radius 1 is 1.22 bits per heavy atom. The van der Waals surface area contributed by atoms with Crippen molar-refractivity contribution in [2.75, 3.05) is 50.7 Å². The predicted molar refractivity (Wildman–Crippen MR) is 91.7 cm³/mol. The molecule has 124 valence electrons. The van der Waals surface area contributed by atoms with Crippen molar-refractivity contribution in [2.24, 2.45) is 0 Å². The van der Waals surface area contributed by atoms with Gasteiger partial charge >= 0.3 is 0 Å². The van der Waals surface area contributed by atoms with E-state index in [0.29, 0.717) is 6.61 Å². The molecule has 1 aromatic carbocycles. The third kappa shape index (κ3) is 3.68. The van der Waals surface area contributed by atoms with E-state index in [2.05, 4.69) is 50.9 Å². The molecule has 2 aromatic rings. The third-order valence-corrected chi connectivity index (χ3v) is 4.68. The van der Waals surface area contributed by atoms with Gasteiger partial charge in [-0.1, -0.05) is 30.0 Å². The molecule has 1 aromatic heterocycles. The maximum absolute atomic E-state index is 5.46. The number of thioether (sulfide) groups is 1. The number of hydrogen-bond acceptors (Lipinski definition) is 6. The van der Waals surface area contributed by atoms with Crippen LogP contribution in [0.1, 0.15) is 5.56 Å². The molecular formula is C16H22N4O2S. The quantitative estimate of drug-likeness (QED) is 0.596. The van der Waals surface area contributed by atoms with Crippen molar-refractivity contribution >= 4 is 17.7 Å². The summed E-state index contributed by atoms with van der Waals surface area (Å²) >= 11 is 1.67. The van der Waals surface area contributed by atoms with Crippen LogP contribution in [0.4, 0.5) is 5.95 Å². The lowest BCUT2D eigenvalue weighted by Crippen LogP contribution is -2.38. The van der Waals surface area contributed by atoms with E-state index >= 15 is 0 Å². The largest absolute Gasteiger partial charge is 0.384 e. The molecular weight excluding hydrogens is 312 g/mol. The van der Waals surface area contributed by atoms with Crippen LogP contribution in [0.3, 0.4) is 0 Å². The van der Waals surface area contributed by atoms with E-state index in [9.17, 15) is 0 Å². The second-order valence-electron chi connectivity index (χ2n) is 5.35. The number of morpholine rings is 1. The van der Waals surface area contributed by atoms with Gasteiger partial charge in [0, 0.05) is 26.0 Å². The highest BCUT2D eigenvalue weighted by atomic mass is 32.2. The number of methoxy groups -OCH3 is 1. The van der Waals surface area contributed by atoms with Gasteiger partial charge in [0.05, 0.1) is 25.5 Å². The summed E-state index contributed by atoms with van der Waals surface area (Å²) < 4.78 is 12.8. The number of anilines is 1. The minimum absolute atomic E-state index is 0.693. The number of ether oxygens (including phenoxy) is 2. The zero-order valence-electron chi connectivity index (χ0n) is 13.6. The standard InChI is InChI=1S/C16H22N4O2S/c1-13-5-3-4-6-14(13)20-15(19-7-9-22-10-8-19)17-18-16(20)23-12-11-21-2/h3-6H,7-12H2,1-2H3. The summed E-state index contributed by atoms with van der Waals surface area (Å²) in [5.74, 6) is 1.74. The molecule has 0 N–H and O–H groups in total. The Balaban J connectivity index is 1.97. The Kier molecular flexibility index (Phi) is 5.53. The zero-order valence-corrected chi connectivity index (χ0v) is 14.4. The molecule has 7 heteroatoms. The lowest BCUT2D eigenvalue weighted by Gasteiger charge is -2.28. The second-order valence-corrected chi connectivity index (χ2v) is 6.41. The molecule has 1 fully saturated rings. The highest BCUT2D eigenvalue weighted by Crippen LogP contribution is 2.28. The van der Waals surface area contributed by atoms with Gasteiger partial charge < -0.3 is 14.4 Å². The molecule has 0 amide bonds. The number of para-hydroxylation sites is 1. The van der Waals surface area contributed by atoms with Crippen LogP contribution in [0.25, 0.3) is 5.69 Å². The molecule has 6 nitrogen and oxygen atoms in total. The second kappa shape index (κ2) is 7.81. The molecule has 1 aliphatic rings. The van der Waals surface area contributed by atoms with Crippen molar-refractivity contribution in [3.05, 3.63) is 29.8 Å². The van der Waals surface area contributed by atoms with Crippen LogP contribution in [-0.4, -0.2) is 60.5 Å². The summed E-state index contributed by atoms with van der Waals surface area (Å²) in [4.78, 5) is 2.24. The van der Waals surface area contributed by atoms with Crippen LogP contribution in [0.2, 0.25) is 0 Å². The van der Waals surface area contributed by atoms with E-state index in [0.717, 1.165) is 48.8 Å². The fourth-order valence-electron chi connectivity index (χ4n) is 2.57. The Hall–Kier alpha value is -1.57. The summed E-state index contributed by atoms with van der Waals surface area (Å²) in [7, 11) is 1.71. The Morgan fingerprint density at radius 2 is 2.00 bits per heavy atom. The van der Waals surface area contributed by atoms with Gasteiger partial charge in [0.15, 0.2) is 5.16 Å². The number of hydrogen-bond donors (Lipinski definition) is 0. The van der Waals surface area contributed by atoms with Crippen molar-refractivity contribution in [3.8, 4) is 5.69 Å². The van der Waals surface area contributed by atoms with Gasteiger partial charge in [0.25, 0.3) is 0 Å². The van der Waals surface area contributed by atoms with E-state index in [-0.39, 0.29) is 0 Å². The molecule has 23 heavy (non-hydrogen) atoms. The molecule has 0 saturated carbocycles. The van der Waals surface area contributed by atoms with Crippen LogP contribution in [0.15, 0.2) is 29.4 Å². The van der Waals surface area contributed by atoms with Crippen LogP contribution in [0.5, 0.6) is 0 Å². The van der Waals surface area contributed by atoms with E-state index < -0.39 is 0 Å². The van der Waals surface area contributed by atoms with Gasteiger partial charge in [-0.25, -0.2) is 0 Å². The predicted octanol–water partition coefficient (Wildman–Crippen LogP) is 2.15. The molecule has 1 saturated heterocycles. The molecule has 0 aliphatic carbocycles. The summed E-state index contributed by atoms with van der Waals surface area (Å²) in [5, 5.41) is 9.78. The average molecular weight is 334 g/mol. The first-order chi connectivity index (χ1) is 11.3. The molecule has 0 unspecified atom stereocenters. The van der Waals surface area contributed by atoms with E-state index in [1.54, 1.807) is 18.9 Å². The number of nitrogens with zero attached hydrogens (tertiary/aromatic N) is 4. The minimum Gasteiger partial charge on any atom is -0.384 e. The number of aryl methyl sites for hydroxylation is 1. The topological polar surface area (TPSA) is 52.4 Å². The van der Waals surface area contributed by atoms with E-state index in [1.165, 1.54) is 5.56 Å². The first-order valence-electron chi connectivity index (χ1n) is 7.77. The molecule has 0 atom stereocenters. The van der Waals surface area contributed by atoms with Gasteiger partial charge in [0.2, 0.25) is 5.95 Å². The van der Waals surface area contributed by atoms with E-state index in [4.69, 9.17) is 9.47 Å². The number of rotatable bonds is 6. The maximum atomic E-state index is 5.46. The summed E-state index contributed by atoms with van der Waals surface area (Å²) in [6, 6.07) is 8.33. The first kappa shape index (κ1) is 16.3. The molecule has 0 spiro atoms. The lowest BCUT2D eigenvalue weighted by molar-refractivity contribution is 0.122. The molecule has 1 aliphatic heterocycles. The highest BCUT2D eigenvalue weighted by Gasteiger charge is 2.22. The monoisotopic (exact) mass is 334 g/mol. The van der Waals surface area contributed by atoms with Crippen molar-refractivity contribution in [2.45, 2.75) is 12.1 Å². The van der Waals surface area contributed by atoms with Crippen molar-refractivity contribution in [1.82, 2.24) is 14.8 Å². The minimum atomic E-state index is 0.693. The number of aromatic nitrogens is 3. The van der Waals surface area contributed by atoms with Crippen LogP contribution in [0, 0.1) is 6.92 Å². The summed E-state index contributed by atoms with van der Waals surface area (Å²) in [6.45, 7) is 5.94. The molecule has 2 heterocycles. The normalized spacial score (nSPS) is 15.1. The van der Waals surface area contributed by atoms with Gasteiger partial charge in [-0.05, 0) is 18.6 Å². The van der Waals surface area contributed by atoms with Gasteiger partial charge in [0.1, 0.15) is 0 Å². The van der Waals surface area contributed by atoms with Crippen molar-refractivity contribution in [3.63, 3.8) is 0 Å². The fourth-order valence-corrected chi connectivity index (χ4v) is 3.41. The smallest absolute Gasteiger partial charge is 0.232 e. The van der Waals surface area contributed by atoms with Crippen molar-refractivity contribution in [1.29, 1.82) is 0 Å². The molecule has 0 radical (unpaired) electrons. The zero-order chi connectivity index (χ0) is 16.1. The van der Waals surface area contributed by atoms with Crippen LogP contribution < -0.4 is 4.90 Å². The van der Waals surface area contributed by atoms with Gasteiger partial charge in [-0.2, -0.15) is 0 Å². The lowest BCUT2D eigenvalue weighted by atomic mass is 10.2. The molecule has 3 rings (SSSR count). The third-order valence-electron chi connectivity index (χ3n) is 3.79. The van der Waals surface area contributed by atoms with E-state index in [1.807, 2.05) is 0 Å². The van der Waals surface area contributed by atoms with Crippen molar-refractivity contribution < 1.29 is 9.47 Å². The van der Waals surface area contributed by atoms with Crippen LogP contribution >= 0.6 is 11.8 Å². The Morgan fingerprint density at radius 3 is 2.74 bits per heavy atom. The summed E-state index contributed by atoms with van der Waals surface area (Å²) in [6.07, 6.45) is 0. The fraction of sp³-hybridized carbons (Fsp3) is 0.500. The SMILES string of the molecule is COCCSc1nnc(N2CCOCC2)n1-c1ccccc1C. The van der Waals surface area contributed by atoms with Gasteiger partial charge in [-0.3, -0.25) is 4.57 Å². The Labute approximate surface area is 140 Å².